The molecule has 0 saturated heterocycles. The summed E-state index contributed by atoms with van der Waals surface area (Å²) in [5.41, 5.74) is 0.869. The molecule has 0 bridgehead atoms. The van der Waals surface area contributed by atoms with Crippen molar-refractivity contribution < 1.29 is 37.6 Å². The Morgan fingerprint density at radius 1 is 1.09 bits per heavy atom. The van der Waals surface area contributed by atoms with Crippen LogP contribution in [-0.4, -0.2) is 63.2 Å². The zero-order valence-corrected chi connectivity index (χ0v) is 19.4. The SMILES string of the molecule is CC(C)OC(=O)Nc1ncnc2c1ncn2C[C@@H](C)OC[P+](=O)OCOC(=O)OC(C)C. The van der Waals surface area contributed by atoms with E-state index in [0.29, 0.717) is 17.7 Å². The predicted molar refractivity (Wildman–Crippen MR) is 112 cm³/mol. The number of carbonyl (C=O) groups excluding carboxylic acids is 2. The number of rotatable bonds is 11. The number of nitrogens with one attached hydrogen (secondary N) is 1. The average molecular weight is 472 g/mol. The van der Waals surface area contributed by atoms with Gasteiger partial charge in [-0.1, -0.05) is 0 Å². The molecule has 13 nitrogen and oxygen atoms in total. The molecular formula is C18H27N5O8P+. The molecule has 0 fully saturated rings. The highest BCUT2D eigenvalue weighted by Crippen LogP contribution is 2.23. The van der Waals surface area contributed by atoms with Crippen LogP contribution in [0.5, 0.6) is 0 Å². The summed E-state index contributed by atoms with van der Waals surface area (Å²) in [6.07, 6.45) is 0.0988. The lowest BCUT2D eigenvalue weighted by Crippen LogP contribution is -2.19. The minimum atomic E-state index is -2.20. The molecule has 176 valence electrons. The number of ether oxygens (including phenoxy) is 4. The molecule has 2 heterocycles. The second kappa shape index (κ2) is 12.2. The van der Waals surface area contributed by atoms with Crippen LogP contribution in [0.25, 0.3) is 11.2 Å². The van der Waals surface area contributed by atoms with Gasteiger partial charge in [0.1, 0.15) is 6.33 Å². The average Bonchev–Trinajstić information content (AvgIpc) is 3.09. The van der Waals surface area contributed by atoms with E-state index >= 15 is 0 Å². The third-order valence-electron chi connectivity index (χ3n) is 3.59. The summed E-state index contributed by atoms with van der Waals surface area (Å²) in [5.74, 6) is 0.223. The predicted octanol–water partition coefficient (Wildman–Crippen LogP) is 3.42. The Morgan fingerprint density at radius 3 is 2.50 bits per heavy atom. The number of hydrogen-bond acceptors (Lipinski definition) is 11. The first-order valence-electron chi connectivity index (χ1n) is 9.81. The summed E-state index contributed by atoms with van der Waals surface area (Å²) >= 11 is 0. The van der Waals surface area contributed by atoms with Gasteiger partial charge in [0, 0.05) is 0 Å². The summed E-state index contributed by atoms with van der Waals surface area (Å²) in [6.45, 7) is 8.42. The smallest absolute Gasteiger partial charge is 0.447 e. The molecule has 0 aliphatic rings. The molecule has 2 atom stereocenters. The van der Waals surface area contributed by atoms with E-state index in [9.17, 15) is 14.2 Å². The molecule has 0 radical (unpaired) electrons. The van der Waals surface area contributed by atoms with Gasteiger partial charge in [0.15, 0.2) is 17.0 Å². The van der Waals surface area contributed by atoms with E-state index < -0.39 is 27.1 Å². The number of hydrogen-bond donors (Lipinski definition) is 1. The Morgan fingerprint density at radius 2 is 1.81 bits per heavy atom. The van der Waals surface area contributed by atoms with Gasteiger partial charge in [-0.05, 0) is 39.2 Å². The molecule has 0 aliphatic heterocycles. The van der Waals surface area contributed by atoms with Gasteiger partial charge in [-0.25, -0.2) is 24.5 Å². The summed E-state index contributed by atoms with van der Waals surface area (Å²) in [4.78, 5) is 35.5. The zero-order valence-electron chi connectivity index (χ0n) is 18.5. The third-order valence-corrected chi connectivity index (χ3v) is 4.34. The molecule has 2 rings (SSSR count). The van der Waals surface area contributed by atoms with Crippen molar-refractivity contribution in [2.45, 2.75) is 59.5 Å². The molecule has 0 aliphatic carbocycles. The molecule has 1 N–H and O–H groups in total. The van der Waals surface area contributed by atoms with Crippen molar-refractivity contribution in [1.29, 1.82) is 0 Å². The number of aromatic nitrogens is 4. The van der Waals surface area contributed by atoms with Crippen molar-refractivity contribution in [2.24, 2.45) is 0 Å². The fourth-order valence-electron chi connectivity index (χ4n) is 2.36. The second-order valence-electron chi connectivity index (χ2n) is 7.12. The molecule has 0 aromatic carbocycles. The third kappa shape index (κ3) is 8.33. The van der Waals surface area contributed by atoms with E-state index in [1.807, 2.05) is 0 Å². The molecule has 0 spiro atoms. The van der Waals surface area contributed by atoms with E-state index in [4.69, 9.17) is 18.7 Å². The van der Waals surface area contributed by atoms with Crippen molar-refractivity contribution in [1.82, 2.24) is 19.5 Å². The fraction of sp³-hybridized carbons (Fsp3) is 0.611. The zero-order chi connectivity index (χ0) is 23.7. The van der Waals surface area contributed by atoms with Gasteiger partial charge in [0.2, 0.25) is 6.79 Å². The maximum atomic E-state index is 11.9. The van der Waals surface area contributed by atoms with Crippen molar-refractivity contribution >= 4 is 37.3 Å². The minimum Gasteiger partial charge on any atom is -0.447 e. The van der Waals surface area contributed by atoms with Gasteiger partial charge in [-0.2, -0.15) is 0 Å². The van der Waals surface area contributed by atoms with Crippen LogP contribution in [0.4, 0.5) is 15.4 Å². The largest absolute Gasteiger partial charge is 0.540 e. The lowest BCUT2D eigenvalue weighted by molar-refractivity contribution is -0.00820. The highest BCUT2D eigenvalue weighted by atomic mass is 31.1. The van der Waals surface area contributed by atoms with Crippen molar-refractivity contribution in [2.75, 3.05) is 18.5 Å². The topological polar surface area (TPSA) is 153 Å². The van der Waals surface area contributed by atoms with Crippen LogP contribution in [0, 0.1) is 0 Å². The molecule has 32 heavy (non-hydrogen) atoms. The number of carbonyl (C=O) groups is 2. The Hall–Kier alpha value is -2.89. The van der Waals surface area contributed by atoms with E-state index in [0.717, 1.165) is 0 Å². The quantitative estimate of drug-likeness (QED) is 0.291. The van der Waals surface area contributed by atoms with Gasteiger partial charge in [-0.15, -0.1) is 4.52 Å². The maximum absolute atomic E-state index is 11.9. The number of nitrogens with zero attached hydrogens (tertiary/aromatic N) is 4. The van der Waals surface area contributed by atoms with Gasteiger partial charge in [0.25, 0.3) is 6.35 Å². The fourth-order valence-corrected chi connectivity index (χ4v) is 2.98. The van der Waals surface area contributed by atoms with Crippen LogP contribution in [0.1, 0.15) is 34.6 Å². The van der Waals surface area contributed by atoms with Crippen molar-refractivity contribution in [3.8, 4) is 0 Å². The number of anilines is 1. The molecule has 0 saturated carbocycles. The molecular weight excluding hydrogens is 445 g/mol. The summed E-state index contributed by atoms with van der Waals surface area (Å²) < 4.78 is 38.4. The molecule has 1 unspecified atom stereocenters. The van der Waals surface area contributed by atoms with Crippen LogP contribution in [0.2, 0.25) is 0 Å². The van der Waals surface area contributed by atoms with Crippen LogP contribution < -0.4 is 5.32 Å². The number of fused-ring (bicyclic) bond motifs is 1. The Balaban J connectivity index is 1.84. The van der Waals surface area contributed by atoms with Gasteiger partial charge in [-0.3, -0.25) is 5.32 Å². The van der Waals surface area contributed by atoms with Crippen molar-refractivity contribution in [3.05, 3.63) is 12.7 Å². The minimum absolute atomic E-state index is 0.200. The first kappa shape index (κ1) is 25.4. The lowest BCUT2D eigenvalue weighted by Gasteiger charge is -2.11. The monoisotopic (exact) mass is 472 g/mol. The Bertz CT molecular complexity index is 935. The summed E-state index contributed by atoms with van der Waals surface area (Å²) in [7, 11) is -2.20. The van der Waals surface area contributed by atoms with Crippen molar-refractivity contribution in [3.63, 3.8) is 0 Å². The van der Waals surface area contributed by atoms with Gasteiger partial charge in [0.05, 0.1) is 31.2 Å². The second-order valence-corrected chi connectivity index (χ2v) is 8.30. The van der Waals surface area contributed by atoms with E-state index in [1.54, 1.807) is 39.2 Å². The Labute approximate surface area is 185 Å². The van der Waals surface area contributed by atoms with Crippen LogP contribution in [0.3, 0.4) is 0 Å². The maximum Gasteiger partial charge on any atom is 0.540 e. The highest BCUT2D eigenvalue weighted by Gasteiger charge is 2.22. The first-order valence-corrected chi connectivity index (χ1v) is 11.2. The molecule has 2 aromatic rings. The van der Waals surface area contributed by atoms with Gasteiger partial charge >= 0.3 is 20.3 Å². The van der Waals surface area contributed by atoms with E-state index in [1.165, 1.54) is 12.7 Å². The van der Waals surface area contributed by atoms with Crippen LogP contribution >= 0.6 is 8.03 Å². The molecule has 14 heteroatoms. The highest BCUT2D eigenvalue weighted by molar-refractivity contribution is 7.38. The molecule has 1 amide bonds. The van der Waals surface area contributed by atoms with E-state index in [-0.39, 0.29) is 30.5 Å². The van der Waals surface area contributed by atoms with Crippen LogP contribution in [-0.2, 0) is 34.6 Å². The normalized spacial score (nSPS) is 12.7. The number of amides is 1. The standard InChI is InChI=1S/C18H26N5O8P/c1-11(2)30-17(24)22-15-14-16(20-7-19-15)23(8-21-14)6-13(5)28-10-32(26)29-9-27-18(25)31-12(3)4/h7-8,11-13H,6,9-10H2,1-5H3/p+1/t13-/m1/s1. The summed E-state index contributed by atoms with van der Waals surface area (Å²) in [5, 5.41) is 2.54. The molecule has 2 aromatic heterocycles. The van der Waals surface area contributed by atoms with Crippen LogP contribution in [0.15, 0.2) is 12.7 Å². The van der Waals surface area contributed by atoms with E-state index in [2.05, 4.69) is 25.0 Å². The lowest BCUT2D eigenvalue weighted by atomic mass is 10.4. The van der Waals surface area contributed by atoms with Gasteiger partial charge < -0.3 is 23.5 Å². The summed E-state index contributed by atoms with van der Waals surface area (Å²) in [6, 6.07) is 0. The Kier molecular flexibility index (Phi) is 9.69. The first-order chi connectivity index (χ1) is 15.2. The number of imidazole rings is 1.